The zero-order valence-electron chi connectivity index (χ0n) is 8.13. The second-order valence-electron chi connectivity index (χ2n) is 3.94. The van der Waals surface area contributed by atoms with Crippen LogP contribution in [0.2, 0.25) is 5.02 Å². The van der Waals surface area contributed by atoms with Crippen LogP contribution >= 0.6 is 11.6 Å². The van der Waals surface area contributed by atoms with Crippen LogP contribution in [-0.4, -0.2) is 17.8 Å². The second kappa shape index (κ2) is 3.54. The van der Waals surface area contributed by atoms with Gasteiger partial charge in [0.25, 0.3) is 0 Å². The summed E-state index contributed by atoms with van der Waals surface area (Å²) in [5.74, 6) is 0. The Morgan fingerprint density at radius 1 is 1.43 bits per heavy atom. The quantitative estimate of drug-likeness (QED) is 0.744. The van der Waals surface area contributed by atoms with Crippen LogP contribution in [0, 0.1) is 0 Å². The van der Waals surface area contributed by atoms with Crippen molar-refractivity contribution in [1.82, 2.24) is 5.32 Å². The summed E-state index contributed by atoms with van der Waals surface area (Å²) in [5.41, 5.74) is 0.775. The zero-order chi connectivity index (χ0) is 10.2. The van der Waals surface area contributed by atoms with Gasteiger partial charge in [-0.2, -0.15) is 0 Å². The average Bonchev–Trinajstić information content (AvgIpc) is 2.49. The Kier molecular flexibility index (Phi) is 2.52. The lowest BCUT2D eigenvalue weighted by Crippen LogP contribution is -2.41. The molecule has 2 rings (SSSR count). The van der Waals surface area contributed by atoms with Gasteiger partial charge in [-0.15, -0.1) is 0 Å². The number of hydrogen-bond donors (Lipinski definition) is 2. The summed E-state index contributed by atoms with van der Waals surface area (Å²) < 4.78 is 0. The van der Waals surface area contributed by atoms with Crippen molar-refractivity contribution in [3.05, 3.63) is 34.9 Å². The maximum Gasteiger partial charge on any atom is 0.0772 e. The van der Waals surface area contributed by atoms with Gasteiger partial charge in [0.05, 0.1) is 11.6 Å². The van der Waals surface area contributed by atoms with E-state index < -0.39 is 0 Å². The minimum absolute atomic E-state index is 0.315. The molecule has 0 aliphatic carbocycles. The molecule has 0 radical (unpaired) electrons. The molecule has 76 valence electrons. The van der Waals surface area contributed by atoms with Gasteiger partial charge < -0.3 is 10.4 Å². The molecule has 2 N–H and O–H groups in total. The number of aliphatic hydroxyl groups excluding tert-OH is 1. The highest BCUT2D eigenvalue weighted by atomic mass is 35.5. The van der Waals surface area contributed by atoms with E-state index in [0.29, 0.717) is 0 Å². The summed E-state index contributed by atoms with van der Waals surface area (Å²) in [5, 5.41) is 13.9. The molecule has 1 fully saturated rings. The SMILES string of the molecule is CC1(c2ccc(Cl)cc2)NCCC1O. The van der Waals surface area contributed by atoms with E-state index in [2.05, 4.69) is 5.32 Å². The fourth-order valence-electron chi connectivity index (χ4n) is 1.97. The van der Waals surface area contributed by atoms with Crippen LogP contribution in [0.5, 0.6) is 0 Å². The van der Waals surface area contributed by atoms with Gasteiger partial charge in [-0.05, 0) is 37.6 Å². The highest BCUT2D eigenvalue weighted by Gasteiger charge is 2.38. The van der Waals surface area contributed by atoms with Crippen LogP contribution in [0.4, 0.5) is 0 Å². The van der Waals surface area contributed by atoms with E-state index in [1.165, 1.54) is 0 Å². The predicted octanol–water partition coefficient (Wildman–Crippen LogP) is 1.91. The van der Waals surface area contributed by atoms with Gasteiger partial charge in [0.1, 0.15) is 0 Å². The van der Waals surface area contributed by atoms with Gasteiger partial charge in [-0.1, -0.05) is 23.7 Å². The van der Waals surface area contributed by atoms with Gasteiger partial charge in [0.2, 0.25) is 0 Å². The minimum atomic E-state index is -0.316. The molecular weight excluding hydrogens is 198 g/mol. The van der Waals surface area contributed by atoms with Crippen molar-refractivity contribution in [1.29, 1.82) is 0 Å². The van der Waals surface area contributed by atoms with Crippen LogP contribution in [0.3, 0.4) is 0 Å². The lowest BCUT2D eigenvalue weighted by Gasteiger charge is -2.29. The first kappa shape index (κ1) is 9.97. The molecule has 0 aromatic heterocycles. The van der Waals surface area contributed by atoms with Crippen molar-refractivity contribution in [2.45, 2.75) is 25.0 Å². The van der Waals surface area contributed by atoms with Gasteiger partial charge >= 0.3 is 0 Å². The van der Waals surface area contributed by atoms with E-state index in [-0.39, 0.29) is 11.6 Å². The summed E-state index contributed by atoms with van der Waals surface area (Å²) >= 11 is 5.82. The fraction of sp³-hybridized carbons (Fsp3) is 0.455. The standard InChI is InChI=1S/C11H14ClNO/c1-11(10(14)6-7-13-11)8-2-4-9(12)5-3-8/h2-5,10,13-14H,6-7H2,1H3. The van der Waals surface area contributed by atoms with Crippen molar-refractivity contribution in [2.24, 2.45) is 0 Å². The number of hydrogen-bond acceptors (Lipinski definition) is 2. The van der Waals surface area contributed by atoms with E-state index in [1.807, 2.05) is 31.2 Å². The molecule has 0 saturated carbocycles. The van der Waals surface area contributed by atoms with Crippen molar-refractivity contribution < 1.29 is 5.11 Å². The van der Waals surface area contributed by atoms with E-state index in [0.717, 1.165) is 23.6 Å². The topological polar surface area (TPSA) is 32.3 Å². The molecule has 2 nitrogen and oxygen atoms in total. The maximum atomic E-state index is 9.88. The molecule has 1 aromatic rings. The van der Waals surface area contributed by atoms with E-state index in [9.17, 15) is 5.11 Å². The van der Waals surface area contributed by atoms with E-state index in [4.69, 9.17) is 11.6 Å². The first-order valence-corrected chi connectivity index (χ1v) is 5.20. The Balaban J connectivity index is 2.34. The summed E-state index contributed by atoms with van der Waals surface area (Å²) in [4.78, 5) is 0. The Morgan fingerprint density at radius 2 is 2.07 bits per heavy atom. The van der Waals surface area contributed by atoms with Crippen LogP contribution in [0.25, 0.3) is 0 Å². The van der Waals surface area contributed by atoms with Gasteiger partial charge in [0, 0.05) is 5.02 Å². The van der Waals surface area contributed by atoms with Crippen molar-refractivity contribution >= 4 is 11.6 Å². The Hall–Kier alpha value is -0.570. The summed E-state index contributed by atoms with van der Waals surface area (Å²) in [6.45, 7) is 2.88. The normalized spacial score (nSPS) is 32.1. The smallest absolute Gasteiger partial charge is 0.0772 e. The molecule has 0 amide bonds. The van der Waals surface area contributed by atoms with Crippen LogP contribution in [0.15, 0.2) is 24.3 Å². The third kappa shape index (κ3) is 1.54. The van der Waals surface area contributed by atoms with Crippen LogP contribution in [-0.2, 0) is 5.54 Å². The number of aliphatic hydroxyl groups is 1. The molecular formula is C11H14ClNO. The molecule has 2 unspecified atom stereocenters. The molecule has 1 saturated heterocycles. The number of halogens is 1. The molecule has 1 aliphatic heterocycles. The van der Waals surface area contributed by atoms with Crippen LogP contribution in [0.1, 0.15) is 18.9 Å². The van der Waals surface area contributed by atoms with Gasteiger partial charge in [-0.25, -0.2) is 0 Å². The lowest BCUT2D eigenvalue weighted by atomic mass is 9.88. The molecule has 1 aromatic carbocycles. The van der Waals surface area contributed by atoms with E-state index in [1.54, 1.807) is 0 Å². The van der Waals surface area contributed by atoms with Gasteiger partial charge in [-0.3, -0.25) is 0 Å². The molecule has 14 heavy (non-hydrogen) atoms. The first-order chi connectivity index (χ1) is 6.63. The van der Waals surface area contributed by atoms with Crippen molar-refractivity contribution in [3.8, 4) is 0 Å². The molecule has 1 aliphatic rings. The minimum Gasteiger partial charge on any atom is -0.391 e. The second-order valence-corrected chi connectivity index (χ2v) is 4.38. The monoisotopic (exact) mass is 211 g/mol. The summed E-state index contributed by atoms with van der Waals surface area (Å²) in [6.07, 6.45) is 0.489. The van der Waals surface area contributed by atoms with Crippen LogP contribution < -0.4 is 5.32 Å². The molecule has 1 heterocycles. The molecule has 0 bridgehead atoms. The number of benzene rings is 1. The zero-order valence-corrected chi connectivity index (χ0v) is 8.88. The molecule has 0 spiro atoms. The Bertz CT molecular complexity index is 325. The lowest BCUT2D eigenvalue weighted by molar-refractivity contribution is 0.107. The average molecular weight is 212 g/mol. The van der Waals surface area contributed by atoms with Crippen molar-refractivity contribution in [2.75, 3.05) is 6.54 Å². The van der Waals surface area contributed by atoms with Crippen molar-refractivity contribution in [3.63, 3.8) is 0 Å². The Labute approximate surface area is 88.9 Å². The predicted molar refractivity (Wildman–Crippen MR) is 57.4 cm³/mol. The summed E-state index contributed by atoms with van der Waals surface area (Å²) in [6, 6.07) is 7.64. The molecule has 3 heteroatoms. The van der Waals surface area contributed by atoms with Gasteiger partial charge in [0.15, 0.2) is 0 Å². The maximum absolute atomic E-state index is 9.88. The third-order valence-electron chi connectivity index (χ3n) is 3.02. The summed E-state index contributed by atoms with van der Waals surface area (Å²) in [7, 11) is 0. The number of nitrogens with one attached hydrogen (secondary N) is 1. The fourth-order valence-corrected chi connectivity index (χ4v) is 2.09. The number of rotatable bonds is 1. The van der Waals surface area contributed by atoms with E-state index >= 15 is 0 Å². The Morgan fingerprint density at radius 3 is 2.57 bits per heavy atom. The third-order valence-corrected chi connectivity index (χ3v) is 3.27. The highest BCUT2D eigenvalue weighted by Crippen LogP contribution is 2.31. The molecule has 2 atom stereocenters. The first-order valence-electron chi connectivity index (χ1n) is 4.82. The highest BCUT2D eigenvalue weighted by molar-refractivity contribution is 6.30. The largest absolute Gasteiger partial charge is 0.391 e.